The van der Waals surface area contributed by atoms with Gasteiger partial charge in [-0.2, -0.15) is 5.10 Å². The van der Waals surface area contributed by atoms with Gasteiger partial charge < -0.3 is 14.8 Å². The molecule has 1 aromatic heterocycles. The third-order valence-corrected chi connectivity index (χ3v) is 3.30. The van der Waals surface area contributed by atoms with Gasteiger partial charge in [0.15, 0.2) is 11.5 Å². The van der Waals surface area contributed by atoms with Crippen LogP contribution in [0.3, 0.4) is 0 Å². The lowest BCUT2D eigenvalue weighted by Gasteiger charge is -2.13. The molecule has 0 saturated heterocycles. The molecule has 2 rings (SSSR count). The Labute approximate surface area is 122 Å². The van der Waals surface area contributed by atoms with Crippen LogP contribution in [0.15, 0.2) is 18.5 Å². The smallest absolute Gasteiger partial charge is 0.179 e. The standard InChI is InChI=1S/C13H17ClN4O2/c1-19-10-4-3-9(12(14)13(10)20-2)7-15-6-5-11-16-8-17-18-11/h3-4,8,15H,5-7H2,1-2H3,(H,16,17,18). The molecule has 1 aromatic carbocycles. The average Bonchev–Trinajstić information content (AvgIpc) is 2.97. The minimum Gasteiger partial charge on any atom is -0.493 e. The fourth-order valence-corrected chi connectivity index (χ4v) is 2.15. The van der Waals surface area contributed by atoms with Gasteiger partial charge in [0.05, 0.1) is 19.2 Å². The number of hydrogen-bond acceptors (Lipinski definition) is 5. The number of nitrogens with one attached hydrogen (secondary N) is 2. The van der Waals surface area contributed by atoms with E-state index in [1.54, 1.807) is 14.2 Å². The Bertz CT molecular complexity index is 546. The summed E-state index contributed by atoms with van der Waals surface area (Å²) in [5.74, 6) is 2.04. The van der Waals surface area contributed by atoms with Crippen molar-refractivity contribution in [1.29, 1.82) is 0 Å². The number of ether oxygens (including phenoxy) is 2. The summed E-state index contributed by atoms with van der Waals surface area (Å²) in [5.41, 5.74) is 0.960. The maximum Gasteiger partial charge on any atom is 0.179 e. The van der Waals surface area contributed by atoms with Gasteiger partial charge in [-0.1, -0.05) is 17.7 Å². The first kappa shape index (κ1) is 14.6. The van der Waals surface area contributed by atoms with Gasteiger partial charge in [-0.3, -0.25) is 5.10 Å². The number of H-pyrrole nitrogens is 1. The molecule has 108 valence electrons. The highest BCUT2D eigenvalue weighted by molar-refractivity contribution is 6.33. The normalized spacial score (nSPS) is 10.6. The van der Waals surface area contributed by atoms with Gasteiger partial charge in [-0.25, -0.2) is 4.98 Å². The summed E-state index contributed by atoms with van der Waals surface area (Å²) in [6.07, 6.45) is 2.28. The molecule has 0 saturated carbocycles. The molecular formula is C13H17ClN4O2. The number of rotatable bonds is 7. The topological polar surface area (TPSA) is 72.1 Å². The quantitative estimate of drug-likeness (QED) is 0.763. The number of methoxy groups -OCH3 is 2. The average molecular weight is 297 g/mol. The van der Waals surface area contributed by atoms with Crippen molar-refractivity contribution >= 4 is 11.6 Å². The van der Waals surface area contributed by atoms with E-state index in [1.165, 1.54) is 6.33 Å². The van der Waals surface area contributed by atoms with Crippen molar-refractivity contribution in [3.63, 3.8) is 0 Å². The van der Waals surface area contributed by atoms with Crippen molar-refractivity contribution < 1.29 is 9.47 Å². The molecule has 0 unspecified atom stereocenters. The molecule has 1 heterocycles. The molecule has 0 aliphatic carbocycles. The maximum atomic E-state index is 6.30. The van der Waals surface area contributed by atoms with Crippen molar-refractivity contribution in [2.75, 3.05) is 20.8 Å². The molecule has 0 atom stereocenters. The zero-order chi connectivity index (χ0) is 14.4. The fraction of sp³-hybridized carbons (Fsp3) is 0.385. The zero-order valence-corrected chi connectivity index (χ0v) is 12.2. The maximum absolute atomic E-state index is 6.30. The molecule has 0 aliphatic rings. The van der Waals surface area contributed by atoms with Crippen LogP contribution in [-0.4, -0.2) is 35.9 Å². The van der Waals surface area contributed by atoms with E-state index in [2.05, 4.69) is 20.5 Å². The Morgan fingerprint density at radius 2 is 2.15 bits per heavy atom. The summed E-state index contributed by atoms with van der Waals surface area (Å²) in [5, 5.41) is 10.5. The van der Waals surface area contributed by atoms with Crippen LogP contribution in [0.1, 0.15) is 11.4 Å². The second-order valence-electron chi connectivity index (χ2n) is 4.13. The van der Waals surface area contributed by atoms with Crippen molar-refractivity contribution in [1.82, 2.24) is 20.5 Å². The summed E-state index contributed by atoms with van der Waals surface area (Å²) >= 11 is 6.30. The largest absolute Gasteiger partial charge is 0.493 e. The molecule has 0 bridgehead atoms. The fourth-order valence-electron chi connectivity index (χ4n) is 1.85. The highest BCUT2D eigenvalue weighted by Crippen LogP contribution is 2.37. The van der Waals surface area contributed by atoms with E-state index < -0.39 is 0 Å². The third kappa shape index (κ3) is 3.40. The summed E-state index contributed by atoms with van der Waals surface area (Å²) in [4.78, 5) is 4.06. The van der Waals surface area contributed by atoms with E-state index in [1.807, 2.05) is 12.1 Å². The van der Waals surface area contributed by atoms with Gasteiger partial charge in [0, 0.05) is 19.5 Å². The zero-order valence-electron chi connectivity index (χ0n) is 11.4. The molecule has 6 nitrogen and oxygen atoms in total. The Kier molecular flexibility index (Phi) is 5.20. The molecule has 0 aliphatic heterocycles. The predicted octanol–water partition coefficient (Wildman–Crippen LogP) is 1.81. The molecule has 20 heavy (non-hydrogen) atoms. The number of benzene rings is 1. The van der Waals surface area contributed by atoms with Crippen LogP contribution in [0.25, 0.3) is 0 Å². The van der Waals surface area contributed by atoms with Crippen LogP contribution in [0.4, 0.5) is 0 Å². The Balaban J connectivity index is 1.92. The van der Waals surface area contributed by atoms with E-state index in [0.29, 0.717) is 23.1 Å². The second kappa shape index (κ2) is 7.12. The molecule has 2 aromatic rings. The van der Waals surface area contributed by atoms with Crippen LogP contribution in [0, 0.1) is 0 Å². The van der Waals surface area contributed by atoms with E-state index in [-0.39, 0.29) is 0 Å². The molecule has 0 radical (unpaired) electrons. The first-order chi connectivity index (χ1) is 9.76. The number of aromatic amines is 1. The van der Waals surface area contributed by atoms with Crippen molar-refractivity contribution in [2.24, 2.45) is 0 Å². The van der Waals surface area contributed by atoms with Crippen molar-refractivity contribution in [3.8, 4) is 11.5 Å². The molecule has 0 amide bonds. The van der Waals surface area contributed by atoms with Gasteiger partial charge in [0.1, 0.15) is 12.2 Å². The van der Waals surface area contributed by atoms with E-state index in [9.17, 15) is 0 Å². The van der Waals surface area contributed by atoms with Crippen LogP contribution >= 0.6 is 11.6 Å². The minimum absolute atomic E-state index is 0.559. The highest BCUT2D eigenvalue weighted by atomic mass is 35.5. The Morgan fingerprint density at radius 3 is 2.80 bits per heavy atom. The SMILES string of the molecule is COc1ccc(CNCCc2ncn[nH]2)c(Cl)c1OC. The number of nitrogens with zero attached hydrogens (tertiary/aromatic N) is 2. The number of hydrogen-bond donors (Lipinski definition) is 2. The minimum atomic E-state index is 0.559. The molecular weight excluding hydrogens is 280 g/mol. The highest BCUT2D eigenvalue weighted by Gasteiger charge is 2.12. The lowest BCUT2D eigenvalue weighted by molar-refractivity contribution is 0.354. The van der Waals surface area contributed by atoms with E-state index >= 15 is 0 Å². The van der Waals surface area contributed by atoms with Gasteiger partial charge in [0.25, 0.3) is 0 Å². The van der Waals surface area contributed by atoms with Gasteiger partial charge in [-0.05, 0) is 11.6 Å². The van der Waals surface area contributed by atoms with Gasteiger partial charge >= 0.3 is 0 Å². The summed E-state index contributed by atoms with van der Waals surface area (Å²) in [7, 11) is 3.16. The summed E-state index contributed by atoms with van der Waals surface area (Å²) in [6.45, 7) is 1.42. The van der Waals surface area contributed by atoms with Crippen LogP contribution in [0.5, 0.6) is 11.5 Å². The molecule has 2 N–H and O–H groups in total. The van der Waals surface area contributed by atoms with Crippen LogP contribution in [-0.2, 0) is 13.0 Å². The first-order valence-corrected chi connectivity index (χ1v) is 6.58. The van der Waals surface area contributed by atoms with Crippen LogP contribution in [0.2, 0.25) is 5.02 Å². The molecule has 7 heteroatoms. The van der Waals surface area contributed by atoms with Crippen molar-refractivity contribution in [2.45, 2.75) is 13.0 Å². The predicted molar refractivity (Wildman–Crippen MR) is 76.3 cm³/mol. The molecule has 0 spiro atoms. The number of halogens is 1. The van der Waals surface area contributed by atoms with E-state index in [4.69, 9.17) is 21.1 Å². The lowest BCUT2D eigenvalue weighted by atomic mass is 10.2. The van der Waals surface area contributed by atoms with Crippen LogP contribution < -0.4 is 14.8 Å². The Morgan fingerprint density at radius 1 is 1.30 bits per heavy atom. The first-order valence-electron chi connectivity index (χ1n) is 6.20. The third-order valence-electron chi connectivity index (χ3n) is 2.88. The van der Waals surface area contributed by atoms with Gasteiger partial charge in [-0.15, -0.1) is 0 Å². The van der Waals surface area contributed by atoms with Crippen molar-refractivity contribution in [3.05, 3.63) is 34.9 Å². The monoisotopic (exact) mass is 296 g/mol. The lowest BCUT2D eigenvalue weighted by Crippen LogP contribution is -2.17. The summed E-state index contributed by atoms with van der Waals surface area (Å²) < 4.78 is 10.5. The summed E-state index contributed by atoms with van der Waals surface area (Å²) in [6, 6.07) is 3.77. The van der Waals surface area contributed by atoms with E-state index in [0.717, 1.165) is 24.4 Å². The molecule has 0 fully saturated rings. The Hall–Kier alpha value is -1.79. The number of aromatic nitrogens is 3. The van der Waals surface area contributed by atoms with Gasteiger partial charge in [0.2, 0.25) is 0 Å². The second-order valence-corrected chi connectivity index (χ2v) is 4.51.